The third-order valence-corrected chi connectivity index (χ3v) is 7.03. The molecule has 0 unspecified atom stereocenters. The molecular weight excluding hydrogens is 450 g/mol. The molecule has 0 heterocycles. The fraction of sp³-hybridized carbons (Fsp3) is 0.231. The number of methoxy groups -OCH3 is 1. The van der Waals surface area contributed by atoms with Crippen LogP contribution in [0.5, 0.6) is 5.75 Å². The van der Waals surface area contributed by atoms with Gasteiger partial charge in [-0.05, 0) is 68.7 Å². The van der Waals surface area contributed by atoms with Crippen LogP contribution in [0.25, 0.3) is 0 Å². The lowest BCUT2D eigenvalue weighted by molar-refractivity contribution is -0.119. The number of amides is 1. The zero-order valence-corrected chi connectivity index (χ0v) is 20.4. The van der Waals surface area contributed by atoms with Crippen LogP contribution in [0.2, 0.25) is 0 Å². The molecule has 0 spiro atoms. The van der Waals surface area contributed by atoms with Gasteiger partial charge < -0.3 is 4.74 Å². The first-order valence-electron chi connectivity index (χ1n) is 10.9. The molecule has 0 aromatic heterocycles. The minimum Gasteiger partial charge on any atom is -0.497 e. The van der Waals surface area contributed by atoms with E-state index in [-0.39, 0.29) is 4.90 Å². The molecule has 3 aromatic rings. The maximum absolute atomic E-state index is 13.4. The normalized spacial score (nSPS) is 11.7. The first kappa shape index (κ1) is 25.0. The number of nitrogens with one attached hydrogen (secondary N) is 1. The molecule has 3 rings (SSSR count). The molecule has 3 aromatic carbocycles. The molecule has 7 nitrogen and oxygen atoms in total. The Kier molecular flexibility index (Phi) is 8.43. The van der Waals surface area contributed by atoms with E-state index in [0.717, 1.165) is 22.0 Å². The Bertz CT molecular complexity index is 1220. The molecule has 0 fully saturated rings. The van der Waals surface area contributed by atoms with Crippen LogP contribution in [0.4, 0.5) is 5.69 Å². The Morgan fingerprint density at radius 1 is 0.971 bits per heavy atom. The average Bonchev–Trinajstić information content (AvgIpc) is 2.85. The quantitative estimate of drug-likeness (QED) is 0.346. The van der Waals surface area contributed by atoms with Crippen LogP contribution in [0, 0.1) is 6.92 Å². The average molecular weight is 480 g/mol. The van der Waals surface area contributed by atoms with Crippen molar-refractivity contribution in [2.75, 3.05) is 18.0 Å². The van der Waals surface area contributed by atoms with Gasteiger partial charge in [-0.2, -0.15) is 5.10 Å². The van der Waals surface area contributed by atoms with Gasteiger partial charge in [0.1, 0.15) is 12.3 Å². The van der Waals surface area contributed by atoms with Crippen molar-refractivity contribution < 1.29 is 17.9 Å². The van der Waals surface area contributed by atoms with E-state index in [1.165, 1.54) is 24.8 Å². The Labute approximate surface area is 201 Å². The summed E-state index contributed by atoms with van der Waals surface area (Å²) in [6.07, 6.45) is 1.47. The lowest BCUT2D eigenvalue weighted by Crippen LogP contribution is -2.39. The number of carbonyl (C=O) groups is 1. The summed E-state index contributed by atoms with van der Waals surface area (Å²) >= 11 is 0. The summed E-state index contributed by atoms with van der Waals surface area (Å²) in [5.74, 6) is 0.0464. The van der Waals surface area contributed by atoms with Crippen molar-refractivity contribution in [2.45, 2.75) is 31.6 Å². The second-order valence-corrected chi connectivity index (χ2v) is 9.75. The van der Waals surface area contributed by atoms with E-state index in [1.54, 1.807) is 36.4 Å². The highest BCUT2D eigenvalue weighted by Gasteiger charge is 2.27. The lowest BCUT2D eigenvalue weighted by atomic mass is 10.1. The number of hydrazone groups is 1. The highest BCUT2D eigenvalue weighted by Crippen LogP contribution is 2.26. The van der Waals surface area contributed by atoms with Gasteiger partial charge in [0.2, 0.25) is 0 Å². The zero-order chi connectivity index (χ0) is 24.6. The molecule has 1 amide bonds. The molecule has 34 heavy (non-hydrogen) atoms. The van der Waals surface area contributed by atoms with Gasteiger partial charge in [-0.15, -0.1) is 0 Å². The number of carbonyl (C=O) groups excluding carboxylic acids is 1. The van der Waals surface area contributed by atoms with Crippen molar-refractivity contribution in [3.8, 4) is 5.75 Å². The third-order valence-electron chi connectivity index (χ3n) is 5.25. The summed E-state index contributed by atoms with van der Waals surface area (Å²) in [6.45, 7) is 3.29. The van der Waals surface area contributed by atoms with Crippen LogP contribution in [0.1, 0.15) is 24.5 Å². The monoisotopic (exact) mass is 479 g/mol. The van der Waals surface area contributed by atoms with Crippen LogP contribution < -0.4 is 14.5 Å². The molecule has 0 aliphatic carbocycles. The number of aryl methyl sites for hydroxylation is 2. The molecular formula is C26H29N3O4S. The fourth-order valence-corrected chi connectivity index (χ4v) is 4.67. The van der Waals surface area contributed by atoms with Gasteiger partial charge in [0.25, 0.3) is 15.9 Å². The highest BCUT2D eigenvalue weighted by molar-refractivity contribution is 7.92. The van der Waals surface area contributed by atoms with E-state index in [0.29, 0.717) is 17.9 Å². The first-order valence-corrected chi connectivity index (χ1v) is 12.3. The second-order valence-electron chi connectivity index (χ2n) is 7.89. The summed E-state index contributed by atoms with van der Waals surface area (Å²) in [4.78, 5) is 12.8. The third kappa shape index (κ3) is 6.68. The zero-order valence-electron chi connectivity index (χ0n) is 19.6. The van der Waals surface area contributed by atoms with Crippen LogP contribution in [0.15, 0.2) is 88.9 Å². The molecule has 0 bridgehead atoms. The van der Waals surface area contributed by atoms with Crippen molar-refractivity contribution in [2.24, 2.45) is 5.10 Å². The lowest BCUT2D eigenvalue weighted by Gasteiger charge is -2.24. The molecule has 8 heteroatoms. The standard InChI is InChI=1S/C26H29N3O4S/c1-20-9-17-25(18-10-20)34(31,32)29(23-13-15-24(33-3)16-14-23)19-26(30)28-27-21(2)11-12-22-7-5-4-6-8-22/h4-10,13-18H,11-12,19H2,1-3H3,(H,28,30)/b27-21-. The number of sulfonamides is 1. The van der Waals surface area contributed by atoms with Crippen molar-refractivity contribution in [1.29, 1.82) is 0 Å². The number of hydrogen-bond donors (Lipinski definition) is 1. The van der Waals surface area contributed by atoms with Gasteiger partial charge >= 0.3 is 0 Å². The molecule has 0 aliphatic heterocycles. The molecule has 178 valence electrons. The first-order chi connectivity index (χ1) is 16.3. The molecule has 0 aliphatic rings. The number of anilines is 1. The van der Waals surface area contributed by atoms with Gasteiger partial charge in [0.15, 0.2) is 0 Å². The van der Waals surface area contributed by atoms with Crippen molar-refractivity contribution in [1.82, 2.24) is 5.43 Å². The summed E-state index contributed by atoms with van der Waals surface area (Å²) in [5, 5.41) is 4.16. The second kappa shape index (κ2) is 11.5. The largest absolute Gasteiger partial charge is 0.497 e. The number of ether oxygens (including phenoxy) is 1. The van der Waals surface area contributed by atoms with Gasteiger partial charge in [-0.3, -0.25) is 9.10 Å². The topological polar surface area (TPSA) is 88.1 Å². The van der Waals surface area contributed by atoms with E-state index in [1.807, 2.05) is 44.2 Å². The maximum atomic E-state index is 13.4. The maximum Gasteiger partial charge on any atom is 0.264 e. The summed E-state index contributed by atoms with van der Waals surface area (Å²) in [5.41, 5.74) is 5.70. The van der Waals surface area contributed by atoms with E-state index < -0.39 is 22.5 Å². The predicted molar refractivity (Wildman–Crippen MR) is 135 cm³/mol. The van der Waals surface area contributed by atoms with E-state index in [2.05, 4.69) is 10.5 Å². The van der Waals surface area contributed by atoms with E-state index in [4.69, 9.17) is 4.74 Å². The molecule has 0 saturated carbocycles. The predicted octanol–water partition coefficient (Wildman–Crippen LogP) is 4.32. The number of nitrogens with zero attached hydrogens (tertiary/aromatic N) is 2. The smallest absolute Gasteiger partial charge is 0.264 e. The number of benzene rings is 3. The van der Waals surface area contributed by atoms with Crippen LogP contribution in [-0.2, 0) is 21.2 Å². The Balaban J connectivity index is 1.76. The van der Waals surface area contributed by atoms with Crippen molar-refractivity contribution in [3.05, 3.63) is 90.0 Å². The van der Waals surface area contributed by atoms with Crippen molar-refractivity contribution in [3.63, 3.8) is 0 Å². The Morgan fingerprint density at radius 3 is 2.24 bits per heavy atom. The van der Waals surface area contributed by atoms with Crippen LogP contribution in [-0.4, -0.2) is 33.7 Å². The van der Waals surface area contributed by atoms with Crippen LogP contribution >= 0.6 is 0 Å². The molecule has 0 saturated heterocycles. The van der Waals surface area contributed by atoms with Gasteiger partial charge in [-0.1, -0.05) is 48.0 Å². The minimum atomic E-state index is -3.99. The molecule has 0 radical (unpaired) electrons. The molecule has 1 N–H and O–H groups in total. The highest BCUT2D eigenvalue weighted by atomic mass is 32.2. The van der Waals surface area contributed by atoms with Gasteiger partial charge in [0, 0.05) is 5.71 Å². The summed E-state index contributed by atoms with van der Waals surface area (Å²) in [7, 11) is -2.46. The SMILES string of the molecule is COc1ccc(N(CC(=O)N/N=C(/C)CCc2ccccc2)S(=O)(=O)c2ccc(C)cc2)cc1. The van der Waals surface area contributed by atoms with E-state index in [9.17, 15) is 13.2 Å². The van der Waals surface area contributed by atoms with Crippen molar-refractivity contribution >= 4 is 27.3 Å². The number of hydrogen-bond acceptors (Lipinski definition) is 5. The van der Waals surface area contributed by atoms with Gasteiger partial charge in [0.05, 0.1) is 17.7 Å². The summed E-state index contributed by atoms with van der Waals surface area (Å²) < 4.78 is 33.1. The van der Waals surface area contributed by atoms with E-state index >= 15 is 0 Å². The molecule has 0 atom stereocenters. The van der Waals surface area contributed by atoms with Crippen LogP contribution in [0.3, 0.4) is 0 Å². The Morgan fingerprint density at radius 2 is 1.62 bits per heavy atom. The minimum absolute atomic E-state index is 0.101. The number of rotatable bonds is 10. The summed E-state index contributed by atoms with van der Waals surface area (Å²) in [6, 6.07) is 23.0. The van der Waals surface area contributed by atoms with Gasteiger partial charge in [-0.25, -0.2) is 13.8 Å². The fourth-order valence-electron chi connectivity index (χ4n) is 3.25. The Hall–Kier alpha value is -3.65.